The maximum Gasteiger partial charge on any atom is 0.410 e. The molecule has 1 fully saturated rings. The first-order chi connectivity index (χ1) is 16.7. The number of benzene rings is 1. The molecule has 1 aromatic carbocycles. The molecule has 1 aliphatic heterocycles. The van der Waals surface area contributed by atoms with Gasteiger partial charge < -0.3 is 24.4 Å². The van der Waals surface area contributed by atoms with Crippen LogP contribution >= 0.6 is 22.6 Å². The Morgan fingerprint density at radius 2 is 2.03 bits per heavy atom. The molecule has 2 aromatic heterocycles. The molecule has 35 heavy (non-hydrogen) atoms. The normalized spacial score (nSPS) is 16.3. The molecule has 0 radical (unpaired) electrons. The van der Waals surface area contributed by atoms with Gasteiger partial charge in [0.25, 0.3) is 0 Å². The minimum absolute atomic E-state index is 0.0687. The number of hydrogen-bond acceptors (Lipinski definition) is 7. The van der Waals surface area contributed by atoms with E-state index in [1.807, 2.05) is 49.7 Å². The summed E-state index contributed by atoms with van der Waals surface area (Å²) in [6.45, 7) is 7.46. The zero-order valence-electron chi connectivity index (χ0n) is 20.8. The predicted octanol–water partition coefficient (Wildman–Crippen LogP) is 5.24. The summed E-state index contributed by atoms with van der Waals surface area (Å²) in [6, 6.07) is 7.81. The van der Waals surface area contributed by atoms with Crippen LogP contribution in [0, 0.1) is 3.70 Å². The number of amides is 1. The highest BCUT2D eigenvalue weighted by Crippen LogP contribution is 2.32. The third kappa shape index (κ3) is 5.74. The molecule has 10 heteroatoms. The quantitative estimate of drug-likeness (QED) is 0.391. The fourth-order valence-electron chi connectivity index (χ4n) is 4.28. The van der Waals surface area contributed by atoms with Gasteiger partial charge in [-0.05, 0) is 74.4 Å². The number of ether oxygens (including phenoxy) is 3. The van der Waals surface area contributed by atoms with E-state index < -0.39 is 5.60 Å². The number of aromatic nitrogens is 3. The number of methoxy groups -OCH3 is 2. The first kappa shape index (κ1) is 25.3. The van der Waals surface area contributed by atoms with Crippen molar-refractivity contribution in [2.75, 3.05) is 32.6 Å². The Hall–Kier alpha value is -2.76. The number of nitrogens with one attached hydrogen (secondary N) is 1. The van der Waals surface area contributed by atoms with E-state index in [4.69, 9.17) is 19.3 Å². The third-order valence-corrected chi connectivity index (χ3v) is 6.67. The van der Waals surface area contributed by atoms with Crippen LogP contribution in [0.4, 0.5) is 10.6 Å². The van der Waals surface area contributed by atoms with E-state index in [0.29, 0.717) is 19.6 Å². The van der Waals surface area contributed by atoms with Crippen molar-refractivity contribution in [1.82, 2.24) is 19.7 Å². The van der Waals surface area contributed by atoms with Gasteiger partial charge >= 0.3 is 6.09 Å². The van der Waals surface area contributed by atoms with E-state index in [0.717, 1.165) is 50.3 Å². The number of nitrogens with zero attached hydrogens (tertiary/aromatic N) is 4. The molecule has 0 aliphatic carbocycles. The highest BCUT2D eigenvalue weighted by Gasteiger charge is 2.30. The SMILES string of the molecule is COc1ccc(CNc2nccc3c2c(I)nn3[C@@H]2CCCN(C(=O)OC(C)(C)C)C2)c(OC)c1. The molecule has 1 aliphatic rings. The summed E-state index contributed by atoms with van der Waals surface area (Å²) in [5.41, 5.74) is 1.47. The molecule has 188 valence electrons. The monoisotopic (exact) mass is 593 g/mol. The fourth-order valence-corrected chi connectivity index (χ4v) is 5.04. The lowest BCUT2D eigenvalue weighted by Gasteiger charge is -2.34. The molecule has 3 aromatic rings. The number of likely N-dealkylation sites (tertiary alicyclic amines) is 1. The lowest BCUT2D eigenvalue weighted by Crippen LogP contribution is -2.43. The molecule has 1 N–H and O–H groups in total. The molecule has 0 spiro atoms. The molecule has 0 bridgehead atoms. The van der Waals surface area contributed by atoms with Crippen molar-refractivity contribution in [3.8, 4) is 11.5 Å². The lowest BCUT2D eigenvalue weighted by molar-refractivity contribution is 0.0169. The number of fused-ring (bicyclic) bond motifs is 1. The van der Waals surface area contributed by atoms with Gasteiger partial charge in [0.15, 0.2) is 0 Å². The van der Waals surface area contributed by atoms with Crippen LogP contribution in [0.25, 0.3) is 10.9 Å². The summed E-state index contributed by atoms with van der Waals surface area (Å²) < 4.78 is 19.3. The second-order valence-corrected chi connectivity index (χ2v) is 10.6. The number of anilines is 1. The zero-order valence-corrected chi connectivity index (χ0v) is 23.0. The smallest absolute Gasteiger partial charge is 0.410 e. The second-order valence-electron chi connectivity index (χ2n) is 9.54. The van der Waals surface area contributed by atoms with E-state index in [-0.39, 0.29) is 12.1 Å². The van der Waals surface area contributed by atoms with Gasteiger partial charge in [-0.2, -0.15) is 5.10 Å². The van der Waals surface area contributed by atoms with E-state index in [2.05, 4.69) is 32.9 Å². The Morgan fingerprint density at radius 1 is 1.23 bits per heavy atom. The molecular formula is C25H32IN5O4. The van der Waals surface area contributed by atoms with Gasteiger partial charge in [-0.15, -0.1) is 0 Å². The average Bonchev–Trinajstić information content (AvgIpc) is 3.18. The Labute approximate surface area is 219 Å². The Kier molecular flexibility index (Phi) is 7.58. The summed E-state index contributed by atoms with van der Waals surface area (Å²) >= 11 is 2.26. The molecule has 1 amide bonds. The Morgan fingerprint density at radius 3 is 2.74 bits per heavy atom. The second kappa shape index (κ2) is 10.5. The molecule has 4 rings (SSSR count). The Balaban J connectivity index is 1.56. The van der Waals surface area contributed by atoms with E-state index >= 15 is 0 Å². The fraction of sp³-hybridized carbons (Fsp3) is 0.480. The molecular weight excluding hydrogens is 561 g/mol. The van der Waals surface area contributed by atoms with Gasteiger partial charge in [-0.25, -0.2) is 9.78 Å². The van der Waals surface area contributed by atoms with Crippen molar-refractivity contribution in [1.29, 1.82) is 0 Å². The number of halogens is 1. The van der Waals surface area contributed by atoms with Gasteiger partial charge in [0.1, 0.15) is 26.6 Å². The number of hydrogen-bond donors (Lipinski definition) is 1. The van der Waals surface area contributed by atoms with Gasteiger partial charge in [0.2, 0.25) is 0 Å². The number of piperidine rings is 1. The maximum atomic E-state index is 12.7. The summed E-state index contributed by atoms with van der Waals surface area (Å²) in [6.07, 6.45) is 3.36. The van der Waals surface area contributed by atoms with Crippen molar-refractivity contribution < 1.29 is 19.0 Å². The van der Waals surface area contributed by atoms with Gasteiger partial charge in [-0.1, -0.05) is 0 Å². The maximum absolute atomic E-state index is 12.7. The first-order valence-electron chi connectivity index (χ1n) is 11.7. The largest absolute Gasteiger partial charge is 0.497 e. The number of carbonyl (C=O) groups is 1. The van der Waals surface area contributed by atoms with Crippen LogP contribution in [-0.2, 0) is 11.3 Å². The van der Waals surface area contributed by atoms with Gasteiger partial charge in [-0.3, -0.25) is 4.68 Å². The van der Waals surface area contributed by atoms with Crippen molar-refractivity contribution >= 4 is 45.4 Å². The van der Waals surface area contributed by atoms with Gasteiger partial charge in [0.05, 0.1) is 31.2 Å². The molecule has 9 nitrogen and oxygen atoms in total. The molecule has 1 saturated heterocycles. The topological polar surface area (TPSA) is 90.7 Å². The summed E-state index contributed by atoms with van der Waals surface area (Å²) in [4.78, 5) is 19.0. The van der Waals surface area contributed by atoms with Crippen molar-refractivity contribution in [2.24, 2.45) is 0 Å². The van der Waals surface area contributed by atoms with Crippen molar-refractivity contribution in [3.05, 3.63) is 39.7 Å². The number of pyridine rings is 1. The third-order valence-electron chi connectivity index (χ3n) is 5.91. The summed E-state index contributed by atoms with van der Waals surface area (Å²) in [5.74, 6) is 2.25. The Bertz CT molecular complexity index is 1210. The molecule has 3 heterocycles. The van der Waals surface area contributed by atoms with E-state index in [1.165, 1.54) is 0 Å². The minimum atomic E-state index is -0.517. The zero-order chi connectivity index (χ0) is 25.2. The number of rotatable bonds is 6. The van der Waals surface area contributed by atoms with Crippen LogP contribution in [0.1, 0.15) is 45.2 Å². The highest BCUT2D eigenvalue weighted by molar-refractivity contribution is 14.1. The van der Waals surface area contributed by atoms with Crippen LogP contribution in [-0.4, -0.2) is 58.7 Å². The van der Waals surface area contributed by atoms with Crippen LogP contribution in [0.3, 0.4) is 0 Å². The van der Waals surface area contributed by atoms with Crippen LogP contribution in [0.15, 0.2) is 30.5 Å². The van der Waals surface area contributed by atoms with Gasteiger partial charge in [0, 0.05) is 37.5 Å². The first-order valence-corrected chi connectivity index (χ1v) is 12.7. The van der Waals surface area contributed by atoms with Crippen LogP contribution in [0.5, 0.6) is 11.5 Å². The molecule has 0 saturated carbocycles. The van der Waals surface area contributed by atoms with Crippen molar-refractivity contribution in [2.45, 2.75) is 51.8 Å². The van der Waals surface area contributed by atoms with Crippen molar-refractivity contribution in [3.63, 3.8) is 0 Å². The van der Waals surface area contributed by atoms with Crippen LogP contribution < -0.4 is 14.8 Å². The van der Waals surface area contributed by atoms with Crippen LogP contribution in [0.2, 0.25) is 0 Å². The molecule has 0 unspecified atom stereocenters. The number of carbonyl (C=O) groups excluding carboxylic acids is 1. The standard InChI is InChI=1S/C25H32IN5O4/c1-25(2,3)35-24(32)30-12-6-7-17(15-30)31-19-10-11-27-23(21(19)22(26)29-31)28-14-16-8-9-18(33-4)13-20(16)34-5/h8-11,13,17H,6-7,12,14-15H2,1-5H3,(H,27,28)/t17-/m1/s1. The lowest BCUT2D eigenvalue weighted by atomic mass is 10.1. The van der Waals surface area contributed by atoms with E-state index in [9.17, 15) is 4.79 Å². The summed E-state index contributed by atoms with van der Waals surface area (Å²) in [7, 11) is 3.28. The predicted molar refractivity (Wildman–Crippen MR) is 143 cm³/mol. The molecule has 1 atom stereocenters. The summed E-state index contributed by atoms with van der Waals surface area (Å²) in [5, 5.41) is 9.28. The van der Waals surface area contributed by atoms with E-state index in [1.54, 1.807) is 25.3 Å². The highest BCUT2D eigenvalue weighted by atomic mass is 127. The average molecular weight is 593 g/mol. The minimum Gasteiger partial charge on any atom is -0.497 e.